The van der Waals surface area contributed by atoms with Crippen molar-refractivity contribution in [2.24, 2.45) is 0 Å². The van der Waals surface area contributed by atoms with Crippen LogP contribution in [-0.4, -0.2) is 51.1 Å². The van der Waals surface area contributed by atoms with Crippen molar-refractivity contribution in [2.45, 2.75) is 0 Å². The molecule has 1 rings (SSSR count). The molecule has 15 heavy (non-hydrogen) atoms. The fourth-order valence-corrected chi connectivity index (χ4v) is 0.998. The van der Waals surface area contributed by atoms with Gasteiger partial charge in [-0.05, 0) is 19.8 Å². The molecular weight excluding hydrogens is 270 g/mol. The molecule has 0 aliphatic heterocycles. The van der Waals surface area contributed by atoms with Crippen molar-refractivity contribution < 1.29 is 26.5 Å². The first-order chi connectivity index (χ1) is 6.25. The molecule has 5 heteroatoms. The topological polar surface area (TPSA) is 21.7 Å². The second-order valence-electron chi connectivity index (χ2n) is 2.83. The van der Waals surface area contributed by atoms with Crippen molar-refractivity contribution in [3.8, 4) is 5.75 Å². The number of para-hydroxylation sites is 1. The number of ether oxygens (including phenoxy) is 2. The zero-order valence-electron chi connectivity index (χ0n) is 9.29. The monoisotopic (exact) mass is 283 g/mol. The molecule has 0 saturated heterocycles. The molecule has 3 nitrogen and oxygen atoms in total. The second kappa shape index (κ2) is 9.27. The summed E-state index contributed by atoms with van der Waals surface area (Å²) in [6, 6.07) is 8.73. The van der Waals surface area contributed by atoms with E-state index in [-0.39, 0.29) is 46.8 Å². The number of anilines is 1. The van der Waals surface area contributed by atoms with Gasteiger partial charge in [-0.3, -0.25) is 0 Å². The molecule has 0 atom stereocenters. The van der Waals surface area contributed by atoms with Crippen molar-refractivity contribution in [3.63, 3.8) is 0 Å². The predicted octanol–water partition coefficient (Wildman–Crippen LogP) is -1.84. The fourth-order valence-electron chi connectivity index (χ4n) is 0.998. The van der Waals surface area contributed by atoms with E-state index in [0.29, 0.717) is 5.75 Å². The molecule has 0 spiro atoms. The molecule has 1 aromatic carbocycles. The van der Waals surface area contributed by atoms with Gasteiger partial charge in [-0.2, -0.15) is 12.1 Å². The van der Waals surface area contributed by atoms with Gasteiger partial charge in [0.1, 0.15) is 0 Å². The number of halogens is 1. The van der Waals surface area contributed by atoms with Crippen LogP contribution in [0.1, 0.15) is 0 Å². The Morgan fingerprint density at radius 2 is 2.07 bits per heavy atom. The Bertz CT molecular complexity index is 271. The van der Waals surface area contributed by atoms with Crippen molar-refractivity contribution in [1.82, 2.24) is 0 Å². The molecule has 0 bridgehead atoms. The molecule has 0 heterocycles. The van der Waals surface area contributed by atoms with Crippen LogP contribution in [0.25, 0.3) is 0 Å². The molecule has 0 amide bonds. The van der Waals surface area contributed by atoms with Gasteiger partial charge >= 0.3 is 23.1 Å². The SMILES string of the molecule is COCOc1[c-]cccc1N(C)C.[Br-].[Mg+2]. The normalized spacial score (nSPS) is 8.47. The summed E-state index contributed by atoms with van der Waals surface area (Å²) in [5, 5.41) is 0. The molecule has 80 valence electrons. The van der Waals surface area contributed by atoms with E-state index in [1.165, 1.54) is 0 Å². The first-order valence-corrected chi connectivity index (χ1v) is 4.05. The van der Waals surface area contributed by atoms with Gasteiger partial charge in [-0.1, -0.05) is 0 Å². The zero-order chi connectivity index (χ0) is 9.68. The van der Waals surface area contributed by atoms with E-state index in [2.05, 4.69) is 6.07 Å². The zero-order valence-corrected chi connectivity index (χ0v) is 12.3. The molecule has 1 aromatic rings. The summed E-state index contributed by atoms with van der Waals surface area (Å²) in [5.74, 6) is 0.717. The van der Waals surface area contributed by atoms with Crippen LogP contribution in [0.15, 0.2) is 18.2 Å². The third-order valence-corrected chi connectivity index (χ3v) is 1.60. The van der Waals surface area contributed by atoms with Crippen molar-refractivity contribution in [3.05, 3.63) is 24.3 Å². The van der Waals surface area contributed by atoms with E-state index < -0.39 is 0 Å². The molecule has 0 aliphatic carbocycles. The summed E-state index contributed by atoms with van der Waals surface area (Å²) in [7, 11) is 5.52. The average molecular weight is 284 g/mol. The minimum absolute atomic E-state index is 0. The summed E-state index contributed by atoms with van der Waals surface area (Å²) in [4.78, 5) is 1.97. The van der Waals surface area contributed by atoms with Crippen LogP contribution in [-0.2, 0) is 4.74 Å². The first kappa shape index (κ1) is 17.4. The Balaban J connectivity index is 0. The van der Waals surface area contributed by atoms with E-state index in [1.54, 1.807) is 7.11 Å². The van der Waals surface area contributed by atoms with Crippen LogP contribution in [0.4, 0.5) is 5.69 Å². The van der Waals surface area contributed by atoms with Crippen LogP contribution in [0, 0.1) is 6.07 Å². The number of methoxy groups -OCH3 is 1. The van der Waals surface area contributed by atoms with Crippen LogP contribution >= 0.6 is 0 Å². The van der Waals surface area contributed by atoms with Crippen LogP contribution < -0.4 is 26.6 Å². The van der Waals surface area contributed by atoms with Gasteiger partial charge < -0.3 is 31.4 Å². The van der Waals surface area contributed by atoms with Crippen molar-refractivity contribution >= 4 is 28.7 Å². The Labute approximate surface area is 118 Å². The Morgan fingerprint density at radius 3 is 2.60 bits per heavy atom. The number of benzene rings is 1. The van der Waals surface area contributed by atoms with E-state index in [4.69, 9.17) is 9.47 Å². The van der Waals surface area contributed by atoms with Gasteiger partial charge in [0.15, 0.2) is 6.79 Å². The summed E-state index contributed by atoms with van der Waals surface area (Å²) < 4.78 is 10.1. The maximum Gasteiger partial charge on any atom is 2.00 e. The van der Waals surface area contributed by atoms with Crippen LogP contribution in [0.2, 0.25) is 0 Å². The number of nitrogens with zero attached hydrogens (tertiary/aromatic N) is 1. The van der Waals surface area contributed by atoms with Gasteiger partial charge in [0.25, 0.3) is 0 Å². The maximum atomic E-state index is 5.33. The van der Waals surface area contributed by atoms with Crippen LogP contribution in [0.3, 0.4) is 0 Å². The van der Waals surface area contributed by atoms with Gasteiger partial charge in [0, 0.05) is 12.9 Å². The Morgan fingerprint density at radius 1 is 1.40 bits per heavy atom. The quantitative estimate of drug-likeness (QED) is 0.368. The van der Waals surface area contributed by atoms with E-state index >= 15 is 0 Å². The summed E-state index contributed by atoms with van der Waals surface area (Å²) in [6.07, 6.45) is 0. The van der Waals surface area contributed by atoms with Crippen molar-refractivity contribution in [2.75, 3.05) is 32.9 Å². The average Bonchev–Trinajstić information content (AvgIpc) is 2.15. The minimum atomic E-state index is 0. The third kappa shape index (κ3) is 5.60. The second-order valence-corrected chi connectivity index (χ2v) is 2.83. The standard InChI is InChI=1S/C10H14NO2.BrH.Mg/c1-11(2)9-6-4-5-7-10(9)13-8-12-3;;/h4-6H,8H2,1-3H3;1H;/q-1;;+2/p-1. The number of hydrogen-bond donors (Lipinski definition) is 0. The molecule has 0 radical (unpaired) electrons. The van der Waals surface area contributed by atoms with Gasteiger partial charge in [0.2, 0.25) is 0 Å². The minimum Gasteiger partial charge on any atom is -1.00 e. The first-order valence-electron chi connectivity index (χ1n) is 4.05. The molecule has 0 saturated carbocycles. The summed E-state index contributed by atoms with van der Waals surface area (Å²) >= 11 is 0. The van der Waals surface area contributed by atoms with Gasteiger partial charge in [0.05, 0.1) is 0 Å². The predicted molar refractivity (Wildman–Crippen MR) is 57.9 cm³/mol. The molecule has 0 fully saturated rings. The number of hydrogen-bond acceptors (Lipinski definition) is 3. The molecular formula is C10H14BrMgNO2. The van der Waals surface area contributed by atoms with E-state index in [9.17, 15) is 0 Å². The number of rotatable bonds is 4. The van der Waals surface area contributed by atoms with E-state index in [0.717, 1.165) is 5.69 Å². The van der Waals surface area contributed by atoms with E-state index in [1.807, 2.05) is 37.2 Å². The maximum absolute atomic E-state index is 5.33. The Hall–Kier alpha value is 0.0262. The van der Waals surface area contributed by atoms with Crippen molar-refractivity contribution in [1.29, 1.82) is 0 Å². The Kier molecular flexibility index (Phi) is 10.8. The summed E-state index contributed by atoms with van der Waals surface area (Å²) in [6.45, 7) is 0.251. The molecule has 0 aliphatic rings. The molecule has 0 N–H and O–H groups in total. The summed E-state index contributed by atoms with van der Waals surface area (Å²) in [5.41, 5.74) is 1.000. The molecule has 0 unspecified atom stereocenters. The fraction of sp³-hybridized carbons (Fsp3) is 0.400. The van der Waals surface area contributed by atoms with Crippen LogP contribution in [0.5, 0.6) is 5.75 Å². The van der Waals surface area contributed by atoms with Gasteiger partial charge in [-0.25, -0.2) is 0 Å². The third-order valence-electron chi connectivity index (χ3n) is 1.60. The van der Waals surface area contributed by atoms with Gasteiger partial charge in [-0.15, -0.1) is 12.1 Å². The smallest absolute Gasteiger partial charge is 1.00 e. The largest absolute Gasteiger partial charge is 2.00 e. The molecule has 0 aromatic heterocycles.